The van der Waals surface area contributed by atoms with Crippen LogP contribution in [0.15, 0.2) is 35.1 Å². The molecule has 0 aromatic carbocycles. The summed E-state index contributed by atoms with van der Waals surface area (Å²) in [6.45, 7) is 4.05. The van der Waals surface area contributed by atoms with E-state index >= 15 is 0 Å². The van der Waals surface area contributed by atoms with Crippen LogP contribution in [0.25, 0.3) is 0 Å². The van der Waals surface area contributed by atoms with Crippen LogP contribution in [0.4, 0.5) is 0 Å². The van der Waals surface area contributed by atoms with Gasteiger partial charge in [-0.3, -0.25) is 0 Å². The zero-order chi connectivity index (χ0) is 9.52. The first-order valence-electron chi connectivity index (χ1n) is 4.16. The zero-order valence-corrected chi connectivity index (χ0v) is 14.7. The average Bonchev–Trinajstić information content (AvgIpc) is 2.58. The Bertz CT molecular complexity index is 308. The molecule has 2 heterocycles. The van der Waals surface area contributed by atoms with Gasteiger partial charge in [-0.1, -0.05) is 32.7 Å². The Balaban J connectivity index is 0. The van der Waals surface area contributed by atoms with Crippen molar-refractivity contribution < 1.29 is 65.4 Å². The molecule has 0 N–H and O–H groups in total. The third kappa shape index (κ3) is 9.68. The number of pyridine rings is 1. The maximum absolute atomic E-state index is 3.76. The predicted molar refractivity (Wildman–Crippen MR) is 53.6 cm³/mol. The molecule has 2 radical (unpaired) electrons. The number of allylic oxidation sites excluding steroid dienone is 1. The first-order chi connectivity index (χ1) is 6.29. The molecule has 1 aliphatic rings. The summed E-state index contributed by atoms with van der Waals surface area (Å²) in [5.41, 5.74) is 2.48. The Morgan fingerprint density at radius 2 is 2.00 bits per heavy atom. The fourth-order valence-electron chi connectivity index (χ4n) is 0.766. The van der Waals surface area contributed by atoms with Crippen LogP contribution in [-0.2, 0) is 65.4 Å². The Morgan fingerprint density at radius 1 is 1.27 bits per heavy atom. The molecule has 0 fully saturated rings. The topological polar surface area (TPSA) is 25.2 Å². The zero-order valence-electron chi connectivity index (χ0n) is 9.07. The summed E-state index contributed by atoms with van der Waals surface area (Å²) >= 11 is 0. The molecule has 0 atom stereocenters. The van der Waals surface area contributed by atoms with Crippen molar-refractivity contribution in [2.24, 2.45) is 4.99 Å². The second kappa shape index (κ2) is 11.3. The van der Waals surface area contributed by atoms with Crippen LogP contribution in [0.1, 0.15) is 18.9 Å². The summed E-state index contributed by atoms with van der Waals surface area (Å²) in [6, 6.07) is 3.77. The van der Waals surface area contributed by atoms with Crippen LogP contribution in [0.5, 0.6) is 0 Å². The summed E-state index contributed by atoms with van der Waals surface area (Å²) in [5, 5.41) is 0. The second-order valence-corrected chi connectivity index (χ2v) is 2.90. The summed E-state index contributed by atoms with van der Waals surface area (Å²) in [7, 11) is 0. The van der Waals surface area contributed by atoms with Crippen molar-refractivity contribution in [1.29, 1.82) is 0 Å². The minimum atomic E-state index is 0. The number of aliphatic imine (C=N–C) groups is 1. The Kier molecular flexibility index (Phi) is 13.6. The number of hydrogen-bond acceptors (Lipinski definition) is 2. The molecule has 1 aromatic heterocycles. The van der Waals surface area contributed by atoms with Gasteiger partial charge in [-0.15, -0.1) is 17.3 Å². The van der Waals surface area contributed by atoms with Crippen molar-refractivity contribution in [3.8, 4) is 0 Å². The molecule has 74 valence electrons. The third-order valence-corrected chi connectivity index (χ3v) is 1.50. The second-order valence-electron chi connectivity index (χ2n) is 2.90. The maximum Gasteiger partial charge on any atom is 0 e. The van der Waals surface area contributed by atoms with Gasteiger partial charge in [-0.25, -0.2) is 0 Å². The molecule has 0 saturated heterocycles. The van der Waals surface area contributed by atoms with Gasteiger partial charge in [0.25, 0.3) is 0 Å². The Morgan fingerprint density at radius 3 is 2.20 bits per heavy atom. The standard InChI is InChI=1S/C6H6N.C5H6N.2Y/c1-6-3-2-4-7-5-6;1-5-2-3-6-4-5;;/h2-3,5H,1H3;4H,2H2,1H3;;/q2*-1;;. The largest absolute Gasteiger partial charge is 0.463 e. The average molecular weight is 350 g/mol. The first-order valence-corrected chi connectivity index (χ1v) is 4.16. The van der Waals surface area contributed by atoms with E-state index in [-0.39, 0.29) is 65.4 Å². The number of nitrogens with zero attached hydrogens (tertiary/aromatic N) is 2. The van der Waals surface area contributed by atoms with Crippen LogP contribution in [0, 0.1) is 13.1 Å². The Hall–Kier alpha value is 0.768. The summed E-state index contributed by atoms with van der Waals surface area (Å²) in [6.07, 6.45) is 10.0. The van der Waals surface area contributed by atoms with Gasteiger partial charge in [-0.05, 0) is 0 Å². The van der Waals surface area contributed by atoms with Crippen molar-refractivity contribution in [1.82, 2.24) is 4.98 Å². The van der Waals surface area contributed by atoms with Gasteiger partial charge in [-0.2, -0.15) is 18.3 Å². The quantitative estimate of drug-likeness (QED) is 0.660. The molecule has 0 spiro atoms. The summed E-state index contributed by atoms with van der Waals surface area (Å²) in [5.74, 6) is 0. The van der Waals surface area contributed by atoms with E-state index in [0.29, 0.717) is 0 Å². The van der Waals surface area contributed by atoms with Gasteiger partial charge in [0.2, 0.25) is 0 Å². The number of rotatable bonds is 0. The summed E-state index contributed by atoms with van der Waals surface area (Å²) in [4.78, 5) is 7.51. The van der Waals surface area contributed by atoms with Gasteiger partial charge >= 0.3 is 0 Å². The fraction of sp³-hybridized carbons (Fsp3) is 0.273. The van der Waals surface area contributed by atoms with Crippen molar-refractivity contribution in [2.75, 3.05) is 0 Å². The van der Waals surface area contributed by atoms with Crippen molar-refractivity contribution >= 4 is 6.21 Å². The molecule has 2 rings (SSSR count). The van der Waals surface area contributed by atoms with Crippen LogP contribution < -0.4 is 0 Å². The van der Waals surface area contributed by atoms with Crippen LogP contribution in [0.2, 0.25) is 0 Å². The molecule has 1 aliphatic heterocycles. The number of hydrogen-bond donors (Lipinski definition) is 0. The minimum absolute atomic E-state index is 0. The molecule has 4 heteroatoms. The SMILES string of the molecule is CC1=CN=[C-]C1.Cc1cc[c-]nc1.[Y].[Y]. The van der Waals surface area contributed by atoms with E-state index in [1.165, 1.54) is 11.1 Å². The molecule has 0 amide bonds. The van der Waals surface area contributed by atoms with Crippen molar-refractivity contribution in [3.05, 3.63) is 41.9 Å². The molecule has 15 heavy (non-hydrogen) atoms. The molecule has 0 aliphatic carbocycles. The van der Waals surface area contributed by atoms with Gasteiger partial charge < -0.3 is 9.98 Å². The predicted octanol–water partition coefficient (Wildman–Crippen LogP) is 2.43. The van der Waals surface area contributed by atoms with E-state index in [1.54, 1.807) is 12.3 Å². The van der Waals surface area contributed by atoms with Crippen molar-refractivity contribution in [3.63, 3.8) is 0 Å². The molecule has 0 unspecified atom stereocenters. The van der Waals surface area contributed by atoms with E-state index < -0.39 is 0 Å². The first kappa shape index (κ1) is 18.1. The van der Waals surface area contributed by atoms with E-state index in [1.807, 2.05) is 26.1 Å². The smallest absolute Gasteiger partial charge is 0 e. The van der Waals surface area contributed by atoms with Crippen LogP contribution in [0.3, 0.4) is 0 Å². The summed E-state index contributed by atoms with van der Waals surface area (Å²) < 4.78 is 0. The van der Waals surface area contributed by atoms with E-state index in [2.05, 4.69) is 22.4 Å². The normalized spacial score (nSPS) is 11.5. The monoisotopic (exact) mass is 350 g/mol. The van der Waals surface area contributed by atoms with Gasteiger partial charge in [0.15, 0.2) is 0 Å². The molecular formula is C11H12N2Y2-2. The Labute approximate surface area is 142 Å². The third-order valence-electron chi connectivity index (χ3n) is 1.50. The number of aryl methyl sites for hydroxylation is 1. The fourth-order valence-corrected chi connectivity index (χ4v) is 0.766. The molecule has 0 saturated carbocycles. The molecule has 1 aromatic rings. The van der Waals surface area contributed by atoms with Gasteiger partial charge in [0.1, 0.15) is 0 Å². The van der Waals surface area contributed by atoms with E-state index in [4.69, 9.17) is 0 Å². The minimum Gasteiger partial charge on any atom is -0.463 e. The van der Waals surface area contributed by atoms with Gasteiger partial charge in [0, 0.05) is 65.4 Å². The number of aromatic nitrogens is 1. The van der Waals surface area contributed by atoms with Gasteiger partial charge in [0.05, 0.1) is 0 Å². The molecule has 2 nitrogen and oxygen atoms in total. The van der Waals surface area contributed by atoms with E-state index in [0.717, 1.165) is 6.42 Å². The van der Waals surface area contributed by atoms with Crippen LogP contribution in [-0.4, -0.2) is 11.2 Å². The maximum atomic E-state index is 3.76. The van der Waals surface area contributed by atoms with E-state index in [9.17, 15) is 0 Å². The van der Waals surface area contributed by atoms with Crippen LogP contribution >= 0.6 is 0 Å². The molecular weight excluding hydrogens is 338 g/mol. The van der Waals surface area contributed by atoms with Crippen molar-refractivity contribution in [2.45, 2.75) is 20.3 Å². The molecule has 0 bridgehead atoms.